The smallest absolute Gasteiger partial charge is 0.282 e. The Morgan fingerprint density at radius 3 is 2.82 bits per heavy atom. The summed E-state index contributed by atoms with van der Waals surface area (Å²) >= 11 is 3.37. The highest BCUT2D eigenvalue weighted by molar-refractivity contribution is 9.10. The Hall–Kier alpha value is -3.85. The van der Waals surface area contributed by atoms with Crippen LogP contribution in [-0.2, 0) is 4.79 Å². The third-order valence-corrected chi connectivity index (χ3v) is 5.12. The quantitative estimate of drug-likeness (QED) is 0.388. The largest absolute Gasteiger partial charge is 0.484 e. The Bertz CT molecular complexity index is 1440. The molecule has 1 aromatic heterocycles. The standard InChI is InChI=1S/C24H18BrFN4O3/c1-15-28-22-9-8-17(25)11-21(22)24(32)30(15)27-13-16-4-2-7-20(10-16)33-14-23(31)29-19-6-3-5-18(26)12-19/h2-13H,14H2,1H3,(H,29,31). The Kier molecular flexibility index (Phi) is 6.60. The molecule has 0 saturated carbocycles. The van der Waals surface area contributed by atoms with Gasteiger partial charge in [0.25, 0.3) is 11.5 Å². The maximum absolute atomic E-state index is 13.2. The van der Waals surface area contributed by atoms with Gasteiger partial charge in [0.05, 0.1) is 17.1 Å². The van der Waals surface area contributed by atoms with Gasteiger partial charge in [-0.25, -0.2) is 9.37 Å². The Morgan fingerprint density at radius 2 is 2.00 bits per heavy atom. The van der Waals surface area contributed by atoms with Crippen LogP contribution in [0.25, 0.3) is 10.9 Å². The second-order valence-electron chi connectivity index (χ2n) is 7.10. The van der Waals surface area contributed by atoms with Crippen molar-refractivity contribution in [3.8, 4) is 5.75 Å². The summed E-state index contributed by atoms with van der Waals surface area (Å²) in [7, 11) is 0. The number of carbonyl (C=O) groups excluding carboxylic acids is 1. The first kappa shape index (κ1) is 22.3. The number of aryl methyl sites for hydroxylation is 1. The fraction of sp³-hybridized carbons (Fsp3) is 0.0833. The van der Waals surface area contributed by atoms with Gasteiger partial charge in [-0.1, -0.05) is 34.1 Å². The zero-order valence-corrected chi connectivity index (χ0v) is 19.0. The van der Waals surface area contributed by atoms with Crippen LogP contribution in [0.3, 0.4) is 0 Å². The molecule has 0 spiro atoms. The molecule has 0 saturated heterocycles. The number of ether oxygens (including phenoxy) is 1. The van der Waals surface area contributed by atoms with E-state index in [1.807, 2.05) is 6.07 Å². The lowest BCUT2D eigenvalue weighted by molar-refractivity contribution is -0.118. The first-order valence-corrected chi connectivity index (χ1v) is 10.7. The molecule has 4 rings (SSSR count). The highest BCUT2D eigenvalue weighted by Crippen LogP contribution is 2.16. The lowest BCUT2D eigenvalue weighted by Crippen LogP contribution is -2.20. The molecule has 0 aliphatic rings. The predicted octanol–water partition coefficient (Wildman–Crippen LogP) is 4.51. The van der Waals surface area contributed by atoms with E-state index in [-0.39, 0.29) is 12.2 Å². The fourth-order valence-electron chi connectivity index (χ4n) is 3.12. The molecule has 1 heterocycles. The molecule has 166 valence electrons. The molecule has 0 fully saturated rings. The number of carbonyl (C=O) groups is 1. The molecule has 3 aromatic carbocycles. The SMILES string of the molecule is Cc1nc2ccc(Br)cc2c(=O)n1N=Cc1cccc(OCC(=O)Nc2cccc(F)c2)c1. The van der Waals surface area contributed by atoms with E-state index in [0.29, 0.717) is 33.7 Å². The van der Waals surface area contributed by atoms with Crippen molar-refractivity contribution in [1.82, 2.24) is 9.66 Å². The average molecular weight is 509 g/mol. The molecule has 0 aliphatic heterocycles. The number of amides is 1. The van der Waals surface area contributed by atoms with E-state index in [1.54, 1.807) is 49.4 Å². The van der Waals surface area contributed by atoms with E-state index in [1.165, 1.54) is 29.1 Å². The van der Waals surface area contributed by atoms with E-state index in [9.17, 15) is 14.0 Å². The molecule has 0 unspecified atom stereocenters. The summed E-state index contributed by atoms with van der Waals surface area (Å²) in [5.41, 5.74) is 1.33. The van der Waals surface area contributed by atoms with Gasteiger partial charge >= 0.3 is 0 Å². The van der Waals surface area contributed by atoms with Gasteiger partial charge in [0, 0.05) is 10.2 Å². The summed E-state index contributed by atoms with van der Waals surface area (Å²) in [6.07, 6.45) is 1.51. The first-order valence-electron chi connectivity index (χ1n) is 9.90. The summed E-state index contributed by atoms with van der Waals surface area (Å²) in [4.78, 5) is 29.3. The van der Waals surface area contributed by atoms with E-state index >= 15 is 0 Å². The molecule has 7 nitrogen and oxygen atoms in total. The lowest BCUT2D eigenvalue weighted by Gasteiger charge is -2.08. The Balaban J connectivity index is 1.47. The normalized spacial score (nSPS) is 11.1. The van der Waals surface area contributed by atoms with Crippen molar-refractivity contribution in [3.63, 3.8) is 0 Å². The van der Waals surface area contributed by atoms with E-state index in [2.05, 4.69) is 31.3 Å². The Morgan fingerprint density at radius 1 is 1.18 bits per heavy atom. The van der Waals surface area contributed by atoms with Crippen molar-refractivity contribution in [1.29, 1.82) is 0 Å². The number of hydrogen-bond acceptors (Lipinski definition) is 5. The van der Waals surface area contributed by atoms with Gasteiger partial charge < -0.3 is 10.1 Å². The van der Waals surface area contributed by atoms with E-state index < -0.39 is 11.7 Å². The highest BCUT2D eigenvalue weighted by Gasteiger charge is 2.08. The maximum atomic E-state index is 13.2. The number of nitrogens with one attached hydrogen (secondary N) is 1. The summed E-state index contributed by atoms with van der Waals surface area (Å²) in [6.45, 7) is 1.45. The lowest BCUT2D eigenvalue weighted by atomic mass is 10.2. The van der Waals surface area contributed by atoms with Crippen LogP contribution in [0.15, 0.2) is 81.1 Å². The van der Waals surface area contributed by atoms with Crippen LogP contribution in [0.4, 0.5) is 10.1 Å². The molecule has 9 heteroatoms. The number of aromatic nitrogens is 2. The van der Waals surface area contributed by atoms with Crippen molar-refractivity contribution in [2.24, 2.45) is 5.10 Å². The summed E-state index contributed by atoms with van der Waals surface area (Å²) in [5, 5.41) is 7.31. The molecule has 1 amide bonds. The number of fused-ring (bicyclic) bond motifs is 1. The molecule has 1 N–H and O–H groups in total. The van der Waals surface area contributed by atoms with Gasteiger partial charge in [0.2, 0.25) is 0 Å². The van der Waals surface area contributed by atoms with Gasteiger partial charge in [-0.3, -0.25) is 9.59 Å². The van der Waals surface area contributed by atoms with E-state index in [4.69, 9.17) is 4.74 Å². The number of nitrogens with zero attached hydrogens (tertiary/aromatic N) is 3. The minimum Gasteiger partial charge on any atom is -0.484 e. The zero-order chi connectivity index (χ0) is 23.4. The number of hydrogen-bond donors (Lipinski definition) is 1. The van der Waals surface area contributed by atoms with Crippen molar-refractivity contribution >= 4 is 44.6 Å². The molecule has 0 atom stereocenters. The van der Waals surface area contributed by atoms with Crippen LogP contribution in [-0.4, -0.2) is 28.4 Å². The average Bonchev–Trinajstić information content (AvgIpc) is 2.78. The second kappa shape index (κ2) is 9.74. The fourth-order valence-corrected chi connectivity index (χ4v) is 3.48. The molecule has 33 heavy (non-hydrogen) atoms. The van der Waals surface area contributed by atoms with Crippen LogP contribution in [0.5, 0.6) is 5.75 Å². The summed E-state index contributed by atoms with van der Waals surface area (Å²) in [5.74, 6) is 0.0324. The van der Waals surface area contributed by atoms with Gasteiger partial charge in [-0.05, 0) is 61.0 Å². The van der Waals surface area contributed by atoms with Crippen molar-refractivity contribution in [3.05, 3.63) is 98.8 Å². The zero-order valence-electron chi connectivity index (χ0n) is 17.5. The third-order valence-electron chi connectivity index (χ3n) is 4.63. The van der Waals surface area contributed by atoms with Crippen molar-refractivity contribution in [2.75, 3.05) is 11.9 Å². The van der Waals surface area contributed by atoms with Gasteiger partial charge in [-0.15, -0.1) is 0 Å². The number of anilines is 1. The number of rotatable bonds is 6. The molecular weight excluding hydrogens is 491 g/mol. The highest BCUT2D eigenvalue weighted by atomic mass is 79.9. The number of benzene rings is 3. The molecule has 0 radical (unpaired) electrons. The van der Waals surface area contributed by atoms with Gasteiger partial charge in [0.1, 0.15) is 17.4 Å². The van der Waals surface area contributed by atoms with Gasteiger partial charge in [0.15, 0.2) is 6.61 Å². The molecular formula is C24H18BrFN4O3. The van der Waals surface area contributed by atoms with E-state index in [0.717, 1.165) is 4.47 Å². The molecule has 4 aromatic rings. The van der Waals surface area contributed by atoms with Crippen LogP contribution in [0.2, 0.25) is 0 Å². The van der Waals surface area contributed by atoms with Crippen molar-refractivity contribution in [2.45, 2.75) is 6.92 Å². The van der Waals surface area contributed by atoms with Crippen LogP contribution in [0, 0.1) is 12.7 Å². The topological polar surface area (TPSA) is 85.6 Å². The summed E-state index contributed by atoms with van der Waals surface area (Å²) in [6, 6.07) is 17.8. The minimum absolute atomic E-state index is 0.251. The Labute approximate surface area is 196 Å². The number of halogens is 2. The second-order valence-corrected chi connectivity index (χ2v) is 8.02. The van der Waals surface area contributed by atoms with Crippen LogP contribution >= 0.6 is 15.9 Å². The molecule has 0 aliphatic carbocycles. The predicted molar refractivity (Wildman–Crippen MR) is 128 cm³/mol. The van der Waals surface area contributed by atoms with Crippen molar-refractivity contribution < 1.29 is 13.9 Å². The van der Waals surface area contributed by atoms with Crippen LogP contribution < -0.4 is 15.6 Å². The molecule has 0 bridgehead atoms. The monoisotopic (exact) mass is 508 g/mol. The van der Waals surface area contributed by atoms with Gasteiger partial charge in [-0.2, -0.15) is 9.78 Å². The summed E-state index contributed by atoms with van der Waals surface area (Å²) < 4.78 is 20.8. The first-order chi connectivity index (χ1) is 15.9. The minimum atomic E-state index is -0.440. The van der Waals surface area contributed by atoms with Crippen LogP contribution in [0.1, 0.15) is 11.4 Å². The maximum Gasteiger partial charge on any atom is 0.282 e. The third kappa shape index (κ3) is 5.50.